The van der Waals surface area contributed by atoms with Crippen molar-refractivity contribution in [3.63, 3.8) is 0 Å². The van der Waals surface area contributed by atoms with Crippen LogP contribution < -0.4 is 5.32 Å². The highest BCUT2D eigenvalue weighted by molar-refractivity contribution is 5.95. The molecule has 1 atom stereocenters. The van der Waals surface area contributed by atoms with Crippen molar-refractivity contribution < 1.29 is 9.53 Å². The van der Waals surface area contributed by atoms with Crippen LogP contribution in [-0.2, 0) is 4.74 Å². The summed E-state index contributed by atoms with van der Waals surface area (Å²) in [5.41, 5.74) is 2.90. The molecule has 1 aromatic rings. The van der Waals surface area contributed by atoms with Crippen molar-refractivity contribution in [2.45, 2.75) is 70.4 Å². The molecule has 0 spiro atoms. The molecular formula is C18H25NO2. The fourth-order valence-corrected chi connectivity index (χ4v) is 3.45. The topological polar surface area (TPSA) is 38.3 Å². The minimum atomic E-state index is -0.154. The lowest BCUT2D eigenvalue weighted by Gasteiger charge is -2.24. The van der Waals surface area contributed by atoms with Gasteiger partial charge in [0.25, 0.3) is 0 Å². The van der Waals surface area contributed by atoms with Crippen LogP contribution in [0.5, 0.6) is 0 Å². The second-order valence-corrected chi connectivity index (χ2v) is 6.32. The number of benzene rings is 1. The first kappa shape index (κ1) is 14.4. The number of ether oxygens (including phenoxy) is 1. The van der Waals surface area contributed by atoms with Crippen molar-refractivity contribution in [1.29, 1.82) is 0 Å². The number of carbonyl (C=O) groups is 1. The van der Waals surface area contributed by atoms with Gasteiger partial charge >= 0.3 is 5.97 Å². The van der Waals surface area contributed by atoms with Crippen LogP contribution in [0.25, 0.3) is 0 Å². The Labute approximate surface area is 127 Å². The van der Waals surface area contributed by atoms with Gasteiger partial charge in [-0.2, -0.15) is 0 Å². The molecule has 3 heteroatoms. The lowest BCUT2D eigenvalue weighted by Crippen LogP contribution is -2.22. The third-order valence-electron chi connectivity index (χ3n) is 4.67. The molecule has 1 aliphatic carbocycles. The van der Waals surface area contributed by atoms with E-state index in [0.29, 0.717) is 6.04 Å². The van der Waals surface area contributed by atoms with E-state index < -0.39 is 0 Å². The number of hydrogen-bond acceptors (Lipinski definition) is 3. The Morgan fingerprint density at radius 2 is 2.05 bits per heavy atom. The van der Waals surface area contributed by atoms with Crippen molar-refractivity contribution in [2.75, 3.05) is 5.32 Å². The average Bonchev–Trinajstić information content (AvgIpc) is 2.82. The summed E-state index contributed by atoms with van der Waals surface area (Å²) in [4.78, 5) is 12.0. The van der Waals surface area contributed by atoms with E-state index in [2.05, 4.69) is 24.4 Å². The van der Waals surface area contributed by atoms with Gasteiger partial charge in [0.1, 0.15) is 6.10 Å². The Morgan fingerprint density at radius 3 is 2.81 bits per heavy atom. The molecule has 114 valence electrons. The zero-order valence-electron chi connectivity index (χ0n) is 12.9. The summed E-state index contributed by atoms with van der Waals surface area (Å²) in [6.45, 7) is 2.16. The van der Waals surface area contributed by atoms with Gasteiger partial charge in [-0.1, -0.05) is 38.7 Å². The predicted molar refractivity (Wildman–Crippen MR) is 84.6 cm³/mol. The van der Waals surface area contributed by atoms with Crippen LogP contribution in [0, 0.1) is 0 Å². The van der Waals surface area contributed by atoms with Crippen molar-refractivity contribution in [3.05, 3.63) is 29.3 Å². The van der Waals surface area contributed by atoms with Gasteiger partial charge in [0.15, 0.2) is 0 Å². The maximum absolute atomic E-state index is 12.0. The van der Waals surface area contributed by atoms with Gasteiger partial charge in [-0.25, -0.2) is 4.79 Å². The quantitative estimate of drug-likeness (QED) is 0.788. The minimum Gasteiger partial charge on any atom is -0.454 e. The zero-order chi connectivity index (χ0) is 14.7. The summed E-state index contributed by atoms with van der Waals surface area (Å²) in [6, 6.07) is 6.73. The Bertz CT molecular complexity index is 506. The van der Waals surface area contributed by atoms with Crippen LogP contribution in [0.2, 0.25) is 0 Å². The number of nitrogens with one attached hydrogen (secondary N) is 1. The molecule has 1 heterocycles. The standard InChI is InChI=1S/C18H25NO2/c1-2-3-9-17-15-11-10-14(12-16(15)18(20)21-17)19-13-7-5-4-6-8-13/h10-13,17,19H,2-9H2,1H3. The fraction of sp³-hybridized carbons (Fsp3) is 0.611. The largest absolute Gasteiger partial charge is 0.454 e. The van der Waals surface area contributed by atoms with Crippen LogP contribution in [0.3, 0.4) is 0 Å². The molecule has 1 aliphatic heterocycles. The van der Waals surface area contributed by atoms with Gasteiger partial charge in [-0.15, -0.1) is 0 Å². The van der Waals surface area contributed by atoms with Crippen LogP contribution >= 0.6 is 0 Å². The maximum Gasteiger partial charge on any atom is 0.339 e. The lowest BCUT2D eigenvalue weighted by molar-refractivity contribution is 0.0364. The highest BCUT2D eigenvalue weighted by Crippen LogP contribution is 2.36. The first-order valence-electron chi connectivity index (χ1n) is 8.39. The highest BCUT2D eigenvalue weighted by atomic mass is 16.5. The van der Waals surface area contributed by atoms with Crippen LogP contribution in [0.4, 0.5) is 5.69 Å². The first-order chi connectivity index (χ1) is 10.3. The number of anilines is 1. The van der Waals surface area contributed by atoms with Crippen molar-refractivity contribution in [2.24, 2.45) is 0 Å². The molecule has 1 fully saturated rings. The number of rotatable bonds is 5. The fourth-order valence-electron chi connectivity index (χ4n) is 3.45. The van der Waals surface area contributed by atoms with E-state index in [0.717, 1.165) is 36.1 Å². The number of esters is 1. The Hall–Kier alpha value is -1.51. The monoisotopic (exact) mass is 287 g/mol. The molecule has 0 radical (unpaired) electrons. The van der Waals surface area contributed by atoms with Crippen molar-refractivity contribution in [1.82, 2.24) is 0 Å². The second-order valence-electron chi connectivity index (χ2n) is 6.32. The van der Waals surface area contributed by atoms with Gasteiger partial charge in [0.2, 0.25) is 0 Å². The van der Waals surface area contributed by atoms with Crippen LogP contribution in [0.1, 0.15) is 80.3 Å². The van der Waals surface area contributed by atoms with Crippen LogP contribution in [-0.4, -0.2) is 12.0 Å². The summed E-state index contributed by atoms with van der Waals surface area (Å²) in [5, 5.41) is 3.58. The number of unbranched alkanes of at least 4 members (excludes halogenated alkanes) is 1. The molecule has 21 heavy (non-hydrogen) atoms. The molecule has 3 nitrogen and oxygen atoms in total. The normalized spacial score (nSPS) is 22.0. The molecule has 3 rings (SSSR count). The van der Waals surface area contributed by atoms with Gasteiger partial charge in [0.05, 0.1) is 5.56 Å². The molecule has 1 saturated carbocycles. The molecule has 0 saturated heterocycles. The van der Waals surface area contributed by atoms with E-state index in [9.17, 15) is 4.79 Å². The van der Waals surface area contributed by atoms with E-state index >= 15 is 0 Å². The van der Waals surface area contributed by atoms with Gasteiger partial charge in [-0.05, 0) is 37.8 Å². The number of carbonyl (C=O) groups excluding carboxylic acids is 1. The van der Waals surface area contributed by atoms with Crippen molar-refractivity contribution >= 4 is 11.7 Å². The lowest BCUT2D eigenvalue weighted by atomic mass is 9.95. The Morgan fingerprint density at radius 1 is 1.24 bits per heavy atom. The summed E-state index contributed by atoms with van der Waals surface area (Å²) in [5.74, 6) is -0.154. The Kier molecular flexibility index (Phi) is 4.47. The summed E-state index contributed by atoms with van der Waals surface area (Å²) in [7, 11) is 0. The average molecular weight is 287 g/mol. The second kappa shape index (κ2) is 6.50. The molecule has 0 bridgehead atoms. The zero-order valence-corrected chi connectivity index (χ0v) is 12.9. The molecular weight excluding hydrogens is 262 g/mol. The molecule has 2 aliphatic rings. The van der Waals surface area contributed by atoms with E-state index in [1.807, 2.05) is 6.07 Å². The SMILES string of the molecule is CCCCC1OC(=O)c2cc(NC3CCCCC3)ccc21. The Balaban J connectivity index is 1.72. The van der Waals surface area contributed by atoms with E-state index in [1.165, 1.54) is 32.1 Å². The van der Waals surface area contributed by atoms with E-state index in [-0.39, 0.29) is 12.1 Å². The van der Waals surface area contributed by atoms with Crippen molar-refractivity contribution in [3.8, 4) is 0 Å². The number of cyclic esters (lactones) is 1. The molecule has 0 aromatic heterocycles. The van der Waals surface area contributed by atoms with E-state index in [1.54, 1.807) is 0 Å². The smallest absolute Gasteiger partial charge is 0.339 e. The third kappa shape index (κ3) is 3.22. The predicted octanol–water partition coefficient (Wildman–Crippen LogP) is 4.83. The molecule has 1 aromatic carbocycles. The third-order valence-corrected chi connectivity index (χ3v) is 4.67. The van der Waals surface area contributed by atoms with E-state index in [4.69, 9.17) is 4.74 Å². The summed E-state index contributed by atoms with van der Waals surface area (Å²) in [6.07, 6.45) is 9.58. The molecule has 1 unspecified atom stereocenters. The highest BCUT2D eigenvalue weighted by Gasteiger charge is 2.30. The minimum absolute atomic E-state index is 0.0313. The number of fused-ring (bicyclic) bond motifs is 1. The van der Waals surface area contributed by atoms with Crippen LogP contribution in [0.15, 0.2) is 18.2 Å². The molecule has 0 amide bonds. The number of hydrogen-bond donors (Lipinski definition) is 1. The van der Waals surface area contributed by atoms with Gasteiger partial charge in [-0.3, -0.25) is 0 Å². The maximum atomic E-state index is 12.0. The molecule has 1 N–H and O–H groups in total. The van der Waals surface area contributed by atoms with Gasteiger partial charge < -0.3 is 10.1 Å². The van der Waals surface area contributed by atoms with Gasteiger partial charge in [0, 0.05) is 17.3 Å². The first-order valence-corrected chi connectivity index (χ1v) is 8.39. The summed E-state index contributed by atoms with van der Waals surface area (Å²) >= 11 is 0. The summed E-state index contributed by atoms with van der Waals surface area (Å²) < 4.78 is 5.51.